The predicted molar refractivity (Wildman–Crippen MR) is 115 cm³/mol. The Morgan fingerprint density at radius 3 is 2.48 bits per heavy atom. The second-order valence-corrected chi connectivity index (χ2v) is 8.88. The van der Waals surface area contributed by atoms with E-state index in [1.54, 1.807) is 27.7 Å². The largest absolute Gasteiger partial charge is 0.396 e. The number of carbonyl (C=O) groups excluding carboxylic acids is 2. The van der Waals surface area contributed by atoms with Crippen molar-refractivity contribution < 1.29 is 14.7 Å². The zero-order valence-corrected chi connectivity index (χ0v) is 17.3. The summed E-state index contributed by atoms with van der Waals surface area (Å²) in [6.45, 7) is 0.194. The molecule has 7 heteroatoms. The number of likely N-dealkylation sites (tertiary alicyclic amines) is 1. The molecule has 2 aromatic rings. The summed E-state index contributed by atoms with van der Waals surface area (Å²) >= 11 is 0. The fraction of sp³-hybridized carbons (Fsp3) is 0.458. The number of nitrogens with zero attached hydrogens (tertiary/aromatic N) is 2. The van der Waals surface area contributed by atoms with E-state index in [0.29, 0.717) is 12.2 Å². The Bertz CT molecular complexity index is 1040. The normalized spacial score (nSPS) is 27.2. The molecule has 1 aromatic carbocycles. The molecule has 1 aliphatic carbocycles. The number of anilines is 1. The Kier molecular flexibility index (Phi) is 5.14. The van der Waals surface area contributed by atoms with Crippen LogP contribution < -0.4 is 10.9 Å². The first-order chi connectivity index (χ1) is 15.1. The summed E-state index contributed by atoms with van der Waals surface area (Å²) in [7, 11) is 0. The third-order valence-electron chi connectivity index (χ3n) is 7.22. The first-order valence-electron chi connectivity index (χ1n) is 11.1. The van der Waals surface area contributed by atoms with Gasteiger partial charge in [-0.15, -0.1) is 0 Å². The molecule has 0 bridgehead atoms. The highest BCUT2D eigenvalue weighted by Crippen LogP contribution is 2.50. The molecule has 5 rings (SSSR count). The molecule has 3 heterocycles. The maximum absolute atomic E-state index is 13.7. The van der Waals surface area contributed by atoms with Gasteiger partial charge >= 0.3 is 0 Å². The highest BCUT2D eigenvalue weighted by molar-refractivity contribution is 5.98. The summed E-state index contributed by atoms with van der Waals surface area (Å²) in [5.74, 6) is -1.01. The average molecular weight is 421 g/mol. The minimum Gasteiger partial charge on any atom is -0.396 e. The van der Waals surface area contributed by atoms with Crippen LogP contribution in [0.15, 0.2) is 53.3 Å². The van der Waals surface area contributed by atoms with Crippen molar-refractivity contribution in [1.82, 2.24) is 9.47 Å². The van der Waals surface area contributed by atoms with Crippen LogP contribution in [0.5, 0.6) is 0 Å². The number of aromatic nitrogens is 1. The van der Waals surface area contributed by atoms with Gasteiger partial charge in [0.15, 0.2) is 0 Å². The number of fused-ring (bicyclic) bond motifs is 3. The van der Waals surface area contributed by atoms with Crippen LogP contribution in [0, 0.1) is 17.8 Å². The smallest absolute Gasteiger partial charge is 0.250 e. The molecule has 0 radical (unpaired) electrons. The van der Waals surface area contributed by atoms with Gasteiger partial charge in [-0.05, 0) is 31.0 Å². The molecule has 4 atom stereocenters. The SMILES string of the molecule is O=C(Nc1ccccc1)[C@@H]1[C@@H](CO)[C@@H]2Cn3c(cccc3=O)[C@@H]2N1C(=O)C1CCCC1. The van der Waals surface area contributed by atoms with Crippen LogP contribution in [-0.2, 0) is 16.1 Å². The second-order valence-electron chi connectivity index (χ2n) is 8.88. The van der Waals surface area contributed by atoms with E-state index in [2.05, 4.69) is 5.32 Å². The topological polar surface area (TPSA) is 91.6 Å². The van der Waals surface area contributed by atoms with Crippen LogP contribution in [0.25, 0.3) is 0 Å². The minimum absolute atomic E-state index is 0.0265. The molecular weight excluding hydrogens is 394 g/mol. The summed E-state index contributed by atoms with van der Waals surface area (Å²) in [5, 5.41) is 13.2. The maximum atomic E-state index is 13.7. The number of rotatable bonds is 4. The number of benzene rings is 1. The van der Waals surface area contributed by atoms with Crippen LogP contribution in [-0.4, -0.2) is 39.0 Å². The number of amides is 2. The minimum atomic E-state index is -0.766. The van der Waals surface area contributed by atoms with Gasteiger partial charge in [0, 0.05) is 48.4 Å². The van der Waals surface area contributed by atoms with Gasteiger partial charge < -0.3 is 19.9 Å². The van der Waals surface area contributed by atoms with E-state index in [4.69, 9.17) is 0 Å². The number of hydrogen-bond acceptors (Lipinski definition) is 4. The van der Waals surface area contributed by atoms with Gasteiger partial charge in [0.25, 0.3) is 5.56 Å². The van der Waals surface area contributed by atoms with E-state index in [9.17, 15) is 19.5 Å². The lowest BCUT2D eigenvalue weighted by atomic mass is 9.88. The third kappa shape index (κ3) is 3.28. The predicted octanol–water partition coefficient (Wildman–Crippen LogP) is 2.17. The van der Waals surface area contributed by atoms with Crippen LogP contribution in [0.4, 0.5) is 5.69 Å². The fourth-order valence-corrected chi connectivity index (χ4v) is 5.80. The highest BCUT2D eigenvalue weighted by Gasteiger charge is 2.57. The quantitative estimate of drug-likeness (QED) is 0.792. The maximum Gasteiger partial charge on any atom is 0.250 e. The number of aliphatic hydroxyl groups is 1. The highest BCUT2D eigenvalue weighted by atomic mass is 16.3. The molecular formula is C24H27N3O4. The zero-order chi connectivity index (χ0) is 21.5. The monoisotopic (exact) mass is 421 g/mol. The molecule has 2 fully saturated rings. The Morgan fingerprint density at radius 1 is 1.03 bits per heavy atom. The van der Waals surface area contributed by atoms with Gasteiger partial charge in [0.2, 0.25) is 11.8 Å². The summed E-state index contributed by atoms with van der Waals surface area (Å²) in [6.07, 6.45) is 3.67. The Labute approximate surface area is 180 Å². The number of aliphatic hydroxyl groups excluding tert-OH is 1. The van der Waals surface area contributed by atoms with Crippen LogP contribution in [0.2, 0.25) is 0 Å². The molecule has 7 nitrogen and oxygen atoms in total. The summed E-state index contributed by atoms with van der Waals surface area (Å²) < 4.78 is 1.69. The number of pyridine rings is 1. The molecule has 3 aliphatic rings. The summed E-state index contributed by atoms with van der Waals surface area (Å²) in [6, 6.07) is 13.1. The summed E-state index contributed by atoms with van der Waals surface area (Å²) in [5.41, 5.74) is 1.31. The van der Waals surface area contributed by atoms with E-state index in [1.165, 1.54) is 6.07 Å². The molecule has 1 saturated heterocycles. The third-order valence-corrected chi connectivity index (χ3v) is 7.22. The van der Waals surface area contributed by atoms with E-state index < -0.39 is 12.0 Å². The van der Waals surface area contributed by atoms with Crippen molar-refractivity contribution in [2.75, 3.05) is 11.9 Å². The molecule has 31 heavy (non-hydrogen) atoms. The first kappa shape index (κ1) is 20.0. The van der Waals surface area contributed by atoms with Crippen LogP contribution in [0.1, 0.15) is 37.4 Å². The molecule has 0 spiro atoms. The van der Waals surface area contributed by atoms with Crippen molar-refractivity contribution in [3.05, 3.63) is 64.6 Å². The second kappa shape index (κ2) is 7.96. The molecule has 2 N–H and O–H groups in total. The van der Waals surface area contributed by atoms with Gasteiger partial charge in [-0.2, -0.15) is 0 Å². The lowest BCUT2D eigenvalue weighted by molar-refractivity contribution is -0.143. The number of nitrogens with one attached hydrogen (secondary N) is 1. The molecule has 2 aliphatic heterocycles. The van der Waals surface area contributed by atoms with E-state index in [-0.39, 0.29) is 41.9 Å². The van der Waals surface area contributed by atoms with Gasteiger partial charge in [-0.1, -0.05) is 37.1 Å². The summed E-state index contributed by atoms with van der Waals surface area (Å²) in [4.78, 5) is 41.3. The standard InChI is InChI=1S/C24H27N3O4/c28-14-18-17-13-26-19(11-6-12-20(26)29)21(17)27(24(31)15-7-4-5-8-15)22(18)23(30)25-16-9-2-1-3-10-16/h1-3,6,9-12,15,17-18,21-22,28H,4-5,7-8,13-14H2,(H,25,30)/t17-,18-,21+,22-/m0/s1. The van der Waals surface area contributed by atoms with Crippen LogP contribution in [0.3, 0.4) is 0 Å². The van der Waals surface area contributed by atoms with Crippen molar-refractivity contribution in [3.8, 4) is 0 Å². The zero-order valence-electron chi connectivity index (χ0n) is 17.3. The average Bonchev–Trinajstić information content (AvgIpc) is 3.49. The Morgan fingerprint density at radius 2 is 1.77 bits per heavy atom. The van der Waals surface area contributed by atoms with Crippen LogP contribution >= 0.6 is 0 Å². The van der Waals surface area contributed by atoms with Crippen molar-refractivity contribution >= 4 is 17.5 Å². The Balaban J connectivity index is 1.56. The lowest BCUT2D eigenvalue weighted by Gasteiger charge is -2.33. The van der Waals surface area contributed by atoms with E-state index in [1.807, 2.05) is 24.3 Å². The van der Waals surface area contributed by atoms with E-state index in [0.717, 1.165) is 31.4 Å². The van der Waals surface area contributed by atoms with Gasteiger partial charge in [0.1, 0.15) is 6.04 Å². The number of hydrogen-bond donors (Lipinski definition) is 2. The van der Waals surface area contributed by atoms with E-state index >= 15 is 0 Å². The molecule has 162 valence electrons. The molecule has 0 unspecified atom stereocenters. The fourth-order valence-electron chi connectivity index (χ4n) is 5.80. The van der Waals surface area contributed by atoms with Crippen molar-refractivity contribution in [2.24, 2.45) is 17.8 Å². The van der Waals surface area contributed by atoms with Gasteiger partial charge in [-0.3, -0.25) is 14.4 Å². The Hall–Kier alpha value is -2.93. The number of para-hydroxylation sites is 1. The first-order valence-corrected chi connectivity index (χ1v) is 11.1. The molecule has 1 aromatic heterocycles. The number of carbonyl (C=O) groups is 2. The van der Waals surface area contributed by atoms with Crippen molar-refractivity contribution in [2.45, 2.75) is 44.3 Å². The molecule has 2 amide bonds. The van der Waals surface area contributed by atoms with Crippen molar-refractivity contribution in [1.29, 1.82) is 0 Å². The van der Waals surface area contributed by atoms with Crippen molar-refractivity contribution in [3.63, 3.8) is 0 Å². The van der Waals surface area contributed by atoms with Gasteiger partial charge in [0.05, 0.1) is 6.04 Å². The lowest BCUT2D eigenvalue weighted by Crippen LogP contribution is -2.49. The molecule has 1 saturated carbocycles. The van der Waals surface area contributed by atoms with Gasteiger partial charge in [-0.25, -0.2) is 0 Å².